The number of rotatable bonds is 4. The third-order valence-electron chi connectivity index (χ3n) is 4.32. The zero-order valence-electron chi connectivity index (χ0n) is 14.9. The second kappa shape index (κ2) is 9.30. The van der Waals surface area contributed by atoms with E-state index in [2.05, 4.69) is 10.3 Å². The van der Waals surface area contributed by atoms with Crippen LogP contribution in [-0.4, -0.2) is 70.7 Å². The topological polar surface area (TPSA) is 55.9 Å². The molecule has 2 saturated heterocycles. The van der Waals surface area contributed by atoms with E-state index in [0.717, 1.165) is 37.9 Å². The van der Waals surface area contributed by atoms with Gasteiger partial charge in [-0.15, -0.1) is 0 Å². The largest absolute Gasteiger partial charge is 0.304 e. The molecule has 2 aliphatic heterocycles. The van der Waals surface area contributed by atoms with E-state index in [-0.39, 0.29) is 23.4 Å². The van der Waals surface area contributed by atoms with Crippen LogP contribution >= 0.6 is 58.8 Å². The molecule has 0 aromatic heterocycles. The summed E-state index contributed by atoms with van der Waals surface area (Å²) in [6, 6.07) is 3.18. The van der Waals surface area contributed by atoms with Crippen LogP contribution in [0.4, 0.5) is 0 Å². The van der Waals surface area contributed by atoms with E-state index in [1.807, 2.05) is 12.1 Å². The predicted molar refractivity (Wildman–Crippen MR) is 119 cm³/mol. The van der Waals surface area contributed by atoms with Gasteiger partial charge < -0.3 is 4.90 Å². The van der Waals surface area contributed by atoms with Crippen molar-refractivity contribution in [1.29, 1.82) is 0 Å². The van der Waals surface area contributed by atoms with Crippen LogP contribution in [0.5, 0.6) is 0 Å². The molecule has 0 spiro atoms. The number of thiocarbonyl (C=S) groups is 1. The number of carbonyl (C=O) groups excluding carboxylic acids is 2. The highest BCUT2D eigenvalue weighted by Gasteiger charge is 2.34. The first-order valence-corrected chi connectivity index (χ1v) is 10.7. The Hall–Kier alpha value is -0.870. The predicted octanol–water partition coefficient (Wildman–Crippen LogP) is 3.13. The standard InChI is InChI=1S/C17H17Cl3N4O2S2/c1-22-4-6-23(7-5-22)21-14(25)9-24-16(26)13(28-17(24)27)8-10-11(18)2-3-12(19)15(10)20/h2-3,8H,4-7,9H2,1H3,(H,21,25)/b13-8-. The molecule has 0 unspecified atom stereocenters. The van der Waals surface area contributed by atoms with E-state index in [9.17, 15) is 9.59 Å². The lowest BCUT2D eigenvalue weighted by molar-refractivity contribution is -0.132. The van der Waals surface area contributed by atoms with Gasteiger partial charge in [0, 0.05) is 36.8 Å². The minimum Gasteiger partial charge on any atom is -0.304 e. The summed E-state index contributed by atoms with van der Waals surface area (Å²) in [5.74, 6) is -0.656. The average Bonchev–Trinajstić information content (AvgIpc) is 2.91. The molecule has 1 N–H and O–H groups in total. The van der Waals surface area contributed by atoms with Gasteiger partial charge in [-0.3, -0.25) is 19.9 Å². The van der Waals surface area contributed by atoms with Crippen LogP contribution in [0.25, 0.3) is 6.08 Å². The molecule has 1 aromatic carbocycles. The van der Waals surface area contributed by atoms with Gasteiger partial charge in [-0.05, 0) is 25.3 Å². The first-order chi connectivity index (χ1) is 13.3. The van der Waals surface area contributed by atoms with Crippen LogP contribution in [0.2, 0.25) is 15.1 Å². The van der Waals surface area contributed by atoms with Crippen LogP contribution in [0.1, 0.15) is 5.56 Å². The number of thioether (sulfide) groups is 1. The maximum absolute atomic E-state index is 12.7. The number of benzene rings is 1. The number of piperazine rings is 1. The highest BCUT2D eigenvalue weighted by atomic mass is 35.5. The highest BCUT2D eigenvalue weighted by Crippen LogP contribution is 2.37. The number of nitrogens with zero attached hydrogens (tertiary/aromatic N) is 3. The molecule has 150 valence electrons. The Bertz CT molecular complexity index is 857. The zero-order chi connectivity index (χ0) is 20.4. The van der Waals surface area contributed by atoms with Gasteiger partial charge in [-0.2, -0.15) is 0 Å². The Morgan fingerprint density at radius 3 is 2.54 bits per heavy atom. The molecule has 2 fully saturated rings. The summed E-state index contributed by atoms with van der Waals surface area (Å²) in [4.78, 5) is 28.9. The maximum Gasteiger partial charge on any atom is 0.266 e. The third kappa shape index (κ3) is 4.99. The zero-order valence-corrected chi connectivity index (χ0v) is 18.8. The molecule has 28 heavy (non-hydrogen) atoms. The summed E-state index contributed by atoms with van der Waals surface area (Å²) in [7, 11) is 2.03. The van der Waals surface area contributed by atoms with Gasteiger partial charge in [0.1, 0.15) is 10.9 Å². The minimum absolute atomic E-state index is 0.147. The van der Waals surface area contributed by atoms with Crippen molar-refractivity contribution >= 4 is 81.0 Å². The number of likely N-dealkylation sites (N-methyl/N-ethyl adjacent to an activating group) is 1. The number of halogens is 3. The Morgan fingerprint density at radius 1 is 1.21 bits per heavy atom. The minimum atomic E-state index is -0.365. The van der Waals surface area contributed by atoms with Crippen molar-refractivity contribution in [2.24, 2.45) is 0 Å². The van der Waals surface area contributed by atoms with Crippen LogP contribution in [0.3, 0.4) is 0 Å². The van der Waals surface area contributed by atoms with Crippen molar-refractivity contribution < 1.29 is 9.59 Å². The van der Waals surface area contributed by atoms with E-state index >= 15 is 0 Å². The smallest absolute Gasteiger partial charge is 0.266 e. The van der Waals surface area contributed by atoms with Gasteiger partial charge in [-0.25, -0.2) is 5.01 Å². The lowest BCUT2D eigenvalue weighted by Gasteiger charge is -2.32. The molecule has 2 amide bonds. The number of hydrazine groups is 1. The summed E-state index contributed by atoms with van der Waals surface area (Å²) in [6.45, 7) is 3.04. The molecule has 0 saturated carbocycles. The number of hydrogen-bond donors (Lipinski definition) is 1. The summed E-state index contributed by atoms with van der Waals surface area (Å²) in [5.41, 5.74) is 3.27. The molecule has 0 radical (unpaired) electrons. The SMILES string of the molecule is CN1CCN(NC(=O)CN2C(=O)/C(=C/c3c(Cl)ccc(Cl)c3Cl)SC2=S)CC1. The van der Waals surface area contributed by atoms with Crippen LogP contribution in [0.15, 0.2) is 17.0 Å². The molecule has 1 aromatic rings. The van der Waals surface area contributed by atoms with Gasteiger partial charge in [-0.1, -0.05) is 58.8 Å². The summed E-state index contributed by atoms with van der Waals surface area (Å²) in [6.07, 6.45) is 1.55. The van der Waals surface area contributed by atoms with E-state index < -0.39 is 0 Å². The van der Waals surface area contributed by atoms with Crippen molar-refractivity contribution in [3.63, 3.8) is 0 Å². The number of carbonyl (C=O) groups is 2. The summed E-state index contributed by atoms with van der Waals surface area (Å²) >= 11 is 24.8. The third-order valence-corrected chi connectivity index (χ3v) is 6.84. The van der Waals surface area contributed by atoms with Crippen molar-refractivity contribution in [3.05, 3.63) is 37.7 Å². The second-order valence-corrected chi connectivity index (χ2v) is 9.22. The fourth-order valence-electron chi connectivity index (χ4n) is 2.72. The van der Waals surface area contributed by atoms with Crippen LogP contribution in [0, 0.1) is 0 Å². The van der Waals surface area contributed by atoms with Gasteiger partial charge >= 0.3 is 0 Å². The molecule has 11 heteroatoms. The second-order valence-electron chi connectivity index (χ2n) is 6.35. The summed E-state index contributed by atoms with van der Waals surface area (Å²) < 4.78 is 0.305. The fraction of sp³-hybridized carbons (Fsp3) is 0.353. The van der Waals surface area contributed by atoms with Gasteiger partial charge in [0.05, 0.1) is 15.0 Å². The Morgan fingerprint density at radius 2 is 1.86 bits per heavy atom. The molecule has 2 aliphatic rings. The first kappa shape index (κ1) is 21.8. The van der Waals surface area contributed by atoms with Crippen LogP contribution in [-0.2, 0) is 9.59 Å². The molecule has 3 rings (SSSR count). The van der Waals surface area contributed by atoms with Crippen molar-refractivity contribution in [3.8, 4) is 0 Å². The molecular formula is C17H17Cl3N4O2S2. The first-order valence-electron chi connectivity index (χ1n) is 8.38. The number of hydrogen-bond acceptors (Lipinski definition) is 6. The Labute approximate surface area is 187 Å². The van der Waals surface area contributed by atoms with E-state index in [1.165, 1.54) is 4.90 Å². The number of amides is 2. The maximum atomic E-state index is 12.7. The quantitative estimate of drug-likeness (QED) is 0.407. The van der Waals surface area contributed by atoms with Gasteiger partial charge in [0.25, 0.3) is 11.8 Å². The van der Waals surface area contributed by atoms with Crippen molar-refractivity contribution in [2.75, 3.05) is 39.8 Å². The monoisotopic (exact) mass is 478 g/mol. The van der Waals surface area contributed by atoms with Gasteiger partial charge in [0.15, 0.2) is 0 Å². The molecule has 0 atom stereocenters. The fourth-order valence-corrected chi connectivity index (χ4v) is 4.60. The van der Waals surface area contributed by atoms with E-state index in [1.54, 1.807) is 18.2 Å². The molecule has 0 bridgehead atoms. The van der Waals surface area contributed by atoms with Crippen LogP contribution < -0.4 is 5.43 Å². The van der Waals surface area contributed by atoms with E-state index in [0.29, 0.717) is 24.8 Å². The molecule has 6 nitrogen and oxygen atoms in total. The highest BCUT2D eigenvalue weighted by molar-refractivity contribution is 8.26. The van der Waals surface area contributed by atoms with Crippen molar-refractivity contribution in [1.82, 2.24) is 20.2 Å². The molecule has 2 heterocycles. The lowest BCUT2D eigenvalue weighted by atomic mass is 10.2. The molecule has 0 aliphatic carbocycles. The molecular weight excluding hydrogens is 463 g/mol. The van der Waals surface area contributed by atoms with Gasteiger partial charge in [0.2, 0.25) is 0 Å². The summed E-state index contributed by atoms with van der Waals surface area (Å²) in [5, 5.41) is 2.81. The Balaban J connectivity index is 1.68. The normalized spacial score (nSPS) is 20.3. The van der Waals surface area contributed by atoms with E-state index in [4.69, 9.17) is 47.0 Å². The number of nitrogens with one attached hydrogen (secondary N) is 1. The average molecular weight is 480 g/mol. The lowest BCUT2D eigenvalue weighted by Crippen LogP contribution is -2.54. The Kier molecular flexibility index (Phi) is 7.25. The van der Waals surface area contributed by atoms with Crippen molar-refractivity contribution in [2.45, 2.75) is 0 Å².